The fourth-order valence-electron chi connectivity index (χ4n) is 6.11. The van der Waals surface area contributed by atoms with Gasteiger partial charge in [0.15, 0.2) is 7.85 Å². The molecule has 35 heavy (non-hydrogen) atoms. The Balaban J connectivity index is 1.30. The molecule has 5 nitrogen and oxygen atoms in total. The molecule has 1 aliphatic carbocycles. The highest BCUT2D eigenvalue weighted by Gasteiger charge is 2.49. The molecule has 1 aromatic heterocycles. The number of fused-ring (bicyclic) bond motifs is 1. The third-order valence-electron chi connectivity index (χ3n) is 7.78. The lowest BCUT2D eigenvalue weighted by molar-refractivity contribution is -0.140. The van der Waals surface area contributed by atoms with Crippen LogP contribution in [-0.4, -0.2) is 61.3 Å². The molecule has 2 saturated heterocycles. The number of benzene rings is 1. The molecule has 1 saturated carbocycles. The lowest BCUT2D eigenvalue weighted by Gasteiger charge is -2.31. The summed E-state index contributed by atoms with van der Waals surface area (Å²) < 4.78 is 67.1. The number of halogens is 4. The molecule has 3 heterocycles. The molecule has 2 aromatic rings. The monoisotopic (exact) mass is 491 g/mol. The van der Waals surface area contributed by atoms with Crippen molar-refractivity contribution in [1.82, 2.24) is 15.1 Å². The summed E-state index contributed by atoms with van der Waals surface area (Å²) in [6, 6.07) is 4.86. The molecule has 188 valence electrons. The molecular weight excluding hydrogens is 461 g/mol. The molecule has 0 spiro atoms. The Morgan fingerprint density at radius 1 is 1.11 bits per heavy atom. The van der Waals surface area contributed by atoms with Crippen molar-refractivity contribution >= 4 is 7.85 Å². The van der Waals surface area contributed by atoms with Gasteiger partial charge in [-0.2, -0.15) is 13.2 Å². The normalized spacial score (nSPS) is 27.8. The van der Waals surface area contributed by atoms with E-state index in [0.29, 0.717) is 36.2 Å². The van der Waals surface area contributed by atoms with Crippen molar-refractivity contribution in [2.24, 2.45) is 17.8 Å². The van der Waals surface area contributed by atoms with Gasteiger partial charge >= 0.3 is 6.18 Å². The molecule has 0 unspecified atom stereocenters. The molecule has 2 aliphatic heterocycles. The fourth-order valence-corrected chi connectivity index (χ4v) is 6.11. The maximum absolute atomic E-state index is 14.0. The van der Waals surface area contributed by atoms with Gasteiger partial charge in [0, 0.05) is 38.4 Å². The summed E-state index contributed by atoms with van der Waals surface area (Å²) >= 11 is 0. The Morgan fingerprint density at radius 2 is 1.80 bits per heavy atom. The average molecular weight is 491 g/mol. The van der Waals surface area contributed by atoms with E-state index in [0.717, 1.165) is 51.8 Å². The van der Waals surface area contributed by atoms with E-state index in [2.05, 4.69) is 15.1 Å². The molecule has 1 aromatic carbocycles. The van der Waals surface area contributed by atoms with Gasteiger partial charge in [0.05, 0.1) is 11.2 Å². The summed E-state index contributed by atoms with van der Waals surface area (Å²) in [7, 11) is 1.88. The first kappa shape index (κ1) is 24.5. The summed E-state index contributed by atoms with van der Waals surface area (Å²) in [6.07, 6.45) is -1.11. The van der Waals surface area contributed by atoms with Crippen molar-refractivity contribution in [3.05, 3.63) is 41.2 Å². The first-order valence-electron chi connectivity index (χ1n) is 12.3. The first-order chi connectivity index (χ1) is 16.6. The van der Waals surface area contributed by atoms with Gasteiger partial charge in [-0.25, -0.2) is 4.39 Å². The minimum absolute atomic E-state index is 0.0288. The predicted molar refractivity (Wildman–Crippen MR) is 125 cm³/mol. The second kappa shape index (κ2) is 9.35. The van der Waals surface area contributed by atoms with E-state index in [9.17, 15) is 17.6 Å². The number of hydrogen-bond donors (Lipinski definition) is 0. The molecule has 10 heteroatoms. The second-order valence-corrected chi connectivity index (χ2v) is 10.7. The highest BCUT2D eigenvalue weighted by molar-refractivity contribution is 6.15. The zero-order valence-corrected chi connectivity index (χ0v) is 20.1. The van der Waals surface area contributed by atoms with Crippen LogP contribution < -0.4 is 4.74 Å². The van der Waals surface area contributed by atoms with E-state index < -0.39 is 28.9 Å². The minimum atomic E-state index is -4.67. The number of aromatic nitrogens is 2. The lowest BCUT2D eigenvalue weighted by Crippen LogP contribution is -2.38. The Labute approximate surface area is 203 Å². The van der Waals surface area contributed by atoms with Gasteiger partial charge in [0.25, 0.3) is 0 Å². The van der Waals surface area contributed by atoms with Crippen LogP contribution in [0.3, 0.4) is 0 Å². The van der Waals surface area contributed by atoms with Crippen LogP contribution in [0.25, 0.3) is 11.3 Å². The molecule has 0 bridgehead atoms. The Bertz CT molecular complexity index is 1060. The standard InChI is InChI=1S/C25H30BF4N3O2/c1-15-2-3-19(27)8-20(15)22-9-21(25(28,29)30)23(32-31-22)35-24(26)10-17-13-33(14-18(17)11-24)12-16-4-6-34-7-5-16/h2-3,8-9,16-18H,4-7,10-14,26H2,1H3/t17-,18+,24+. The Morgan fingerprint density at radius 3 is 2.46 bits per heavy atom. The summed E-state index contributed by atoms with van der Waals surface area (Å²) in [5, 5.41) is 7.84. The number of ether oxygens (including phenoxy) is 2. The summed E-state index contributed by atoms with van der Waals surface area (Å²) in [6.45, 7) is 6.33. The van der Waals surface area contributed by atoms with Crippen molar-refractivity contribution in [2.75, 3.05) is 32.8 Å². The third kappa shape index (κ3) is 5.33. The highest BCUT2D eigenvalue weighted by atomic mass is 19.4. The molecule has 0 N–H and O–H groups in total. The average Bonchev–Trinajstić information content (AvgIpc) is 3.29. The van der Waals surface area contributed by atoms with E-state index in [-0.39, 0.29) is 11.3 Å². The van der Waals surface area contributed by atoms with Crippen molar-refractivity contribution in [2.45, 2.75) is 44.3 Å². The van der Waals surface area contributed by atoms with Crippen LogP contribution in [-0.2, 0) is 10.9 Å². The molecule has 0 amide bonds. The molecule has 3 atom stereocenters. The molecule has 3 aliphatic rings. The van der Waals surface area contributed by atoms with Crippen LogP contribution in [0.2, 0.25) is 0 Å². The predicted octanol–water partition coefficient (Wildman–Crippen LogP) is 4.09. The van der Waals surface area contributed by atoms with Gasteiger partial charge in [-0.15, -0.1) is 10.2 Å². The molecule has 5 rings (SSSR count). The van der Waals surface area contributed by atoms with Crippen LogP contribution in [0.1, 0.15) is 36.8 Å². The number of hydrogen-bond acceptors (Lipinski definition) is 5. The van der Waals surface area contributed by atoms with Gasteiger partial charge in [-0.05, 0) is 74.1 Å². The van der Waals surface area contributed by atoms with Gasteiger partial charge in [0.2, 0.25) is 5.88 Å². The summed E-state index contributed by atoms with van der Waals surface area (Å²) in [4.78, 5) is 2.50. The van der Waals surface area contributed by atoms with Crippen molar-refractivity contribution < 1.29 is 27.0 Å². The number of alkyl halides is 3. The number of aryl methyl sites for hydroxylation is 1. The second-order valence-electron chi connectivity index (χ2n) is 10.7. The van der Waals surface area contributed by atoms with E-state index in [1.165, 1.54) is 18.2 Å². The zero-order valence-electron chi connectivity index (χ0n) is 20.1. The van der Waals surface area contributed by atoms with Gasteiger partial charge in [-0.3, -0.25) is 0 Å². The minimum Gasteiger partial charge on any atom is -0.479 e. The van der Waals surface area contributed by atoms with Crippen LogP contribution in [0.15, 0.2) is 24.3 Å². The van der Waals surface area contributed by atoms with E-state index in [4.69, 9.17) is 9.47 Å². The quantitative estimate of drug-likeness (QED) is 0.466. The third-order valence-corrected chi connectivity index (χ3v) is 7.78. The van der Waals surface area contributed by atoms with E-state index >= 15 is 0 Å². The number of nitrogens with zero attached hydrogens (tertiary/aromatic N) is 3. The zero-order chi connectivity index (χ0) is 24.8. The Kier molecular flexibility index (Phi) is 6.55. The van der Waals surface area contributed by atoms with Gasteiger partial charge in [-0.1, -0.05) is 6.07 Å². The molecular formula is C25H30BF4N3O2. The van der Waals surface area contributed by atoms with Crippen LogP contribution in [0, 0.1) is 30.5 Å². The summed E-state index contributed by atoms with van der Waals surface area (Å²) in [5.74, 6) is 0.414. The molecule has 0 radical (unpaired) electrons. The van der Waals surface area contributed by atoms with Crippen molar-refractivity contribution in [3.8, 4) is 17.1 Å². The van der Waals surface area contributed by atoms with E-state index in [1.807, 2.05) is 7.85 Å². The van der Waals surface area contributed by atoms with Gasteiger partial charge in [0.1, 0.15) is 11.4 Å². The SMILES string of the molecule is B[C@@]1(Oc2nnc(-c3cc(F)ccc3C)cc2C(F)(F)F)C[C@H]2CN(CC3CCOCC3)C[C@H]2C1. The highest BCUT2D eigenvalue weighted by Crippen LogP contribution is 2.46. The maximum atomic E-state index is 14.0. The van der Waals surface area contributed by atoms with Crippen molar-refractivity contribution in [1.29, 1.82) is 0 Å². The lowest BCUT2D eigenvalue weighted by atomic mass is 9.78. The Hall–Kier alpha value is -2.20. The largest absolute Gasteiger partial charge is 0.479 e. The maximum Gasteiger partial charge on any atom is 0.421 e. The van der Waals surface area contributed by atoms with Crippen LogP contribution in [0.5, 0.6) is 5.88 Å². The van der Waals surface area contributed by atoms with E-state index in [1.54, 1.807) is 6.92 Å². The topological polar surface area (TPSA) is 47.5 Å². The van der Waals surface area contributed by atoms with Gasteiger partial charge < -0.3 is 14.4 Å². The summed E-state index contributed by atoms with van der Waals surface area (Å²) in [5.41, 5.74) is -0.848. The number of likely N-dealkylation sites (tertiary alicyclic amines) is 1. The van der Waals surface area contributed by atoms with Crippen molar-refractivity contribution in [3.63, 3.8) is 0 Å². The van der Waals surface area contributed by atoms with Crippen LogP contribution in [0.4, 0.5) is 17.6 Å². The number of rotatable bonds is 5. The van der Waals surface area contributed by atoms with Crippen LogP contribution >= 0.6 is 0 Å². The first-order valence-corrected chi connectivity index (χ1v) is 12.3. The smallest absolute Gasteiger partial charge is 0.421 e. The fraction of sp³-hybridized carbons (Fsp3) is 0.600. The molecule has 3 fully saturated rings.